The average molecular weight is 336 g/mol. The summed E-state index contributed by atoms with van der Waals surface area (Å²) in [5, 5.41) is -0.282. The summed E-state index contributed by atoms with van der Waals surface area (Å²) < 4.78 is 39.6. The molecule has 1 atom stereocenters. The molecule has 116 valence electrons. The number of hydrogen-bond donors (Lipinski definition) is 2. The largest absolute Gasteiger partial charge is 0.396 e. The Morgan fingerprint density at radius 1 is 1.38 bits per heavy atom. The molecule has 4 N–H and O–H groups in total. The quantitative estimate of drug-likeness (QED) is 0.806. The van der Waals surface area contributed by atoms with Gasteiger partial charge in [-0.25, -0.2) is 12.8 Å². The van der Waals surface area contributed by atoms with Crippen LogP contribution in [0.1, 0.15) is 19.3 Å². The number of carbonyl (C=O) groups is 1. The van der Waals surface area contributed by atoms with Crippen LogP contribution < -0.4 is 11.5 Å². The summed E-state index contributed by atoms with van der Waals surface area (Å²) in [5.74, 6) is -1.52. The molecule has 1 unspecified atom stereocenters. The molecule has 1 aromatic rings. The van der Waals surface area contributed by atoms with Crippen LogP contribution in [0.15, 0.2) is 17.0 Å². The number of sulfonamides is 1. The van der Waals surface area contributed by atoms with E-state index in [1.807, 2.05) is 0 Å². The number of carbonyl (C=O) groups excluding carboxylic acids is 1. The maximum atomic E-state index is 13.3. The highest BCUT2D eigenvalue weighted by atomic mass is 35.5. The fraction of sp³-hybridized carbons (Fsp3) is 0.417. The molecule has 1 fully saturated rings. The first kappa shape index (κ1) is 16.0. The van der Waals surface area contributed by atoms with Gasteiger partial charge in [0.2, 0.25) is 15.9 Å². The Hall–Kier alpha value is -1.38. The number of anilines is 1. The van der Waals surface area contributed by atoms with Crippen molar-refractivity contribution in [3.8, 4) is 0 Å². The van der Waals surface area contributed by atoms with Crippen LogP contribution in [0.2, 0.25) is 5.02 Å². The highest BCUT2D eigenvalue weighted by molar-refractivity contribution is 7.89. The Kier molecular flexibility index (Phi) is 4.40. The van der Waals surface area contributed by atoms with Gasteiger partial charge in [-0.15, -0.1) is 0 Å². The van der Waals surface area contributed by atoms with E-state index in [1.54, 1.807) is 0 Å². The zero-order valence-electron chi connectivity index (χ0n) is 11.1. The fourth-order valence-corrected chi connectivity index (χ4v) is 4.54. The molecular formula is C12H15ClFN3O3S. The molecule has 6 nitrogen and oxygen atoms in total. The number of nitrogens with zero attached hydrogens (tertiary/aromatic N) is 1. The summed E-state index contributed by atoms with van der Waals surface area (Å²) in [5.41, 5.74) is 10.3. The number of rotatable bonds is 3. The van der Waals surface area contributed by atoms with Crippen molar-refractivity contribution >= 4 is 33.2 Å². The first-order valence-corrected chi connectivity index (χ1v) is 8.12. The van der Waals surface area contributed by atoms with E-state index in [1.165, 1.54) is 0 Å². The van der Waals surface area contributed by atoms with Gasteiger partial charge in [0.25, 0.3) is 0 Å². The second-order valence-corrected chi connectivity index (χ2v) is 7.10. The Labute approximate surface area is 126 Å². The molecule has 21 heavy (non-hydrogen) atoms. The molecule has 9 heteroatoms. The van der Waals surface area contributed by atoms with Gasteiger partial charge in [0.15, 0.2) is 0 Å². The number of nitrogens with two attached hydrogens (primary N) is 2. The molecular weight excluding hydrogens is 321 g/mol. The van der Waals surface area contributed by atoms with Crippen molar-refractivity contribution in [3.05, 3.63) is 23.0 Å². The summed E-state index contributed by atoms with van der Waals surface area (Å²) in [6.45, 7) is 0.156. The molecule has 0 bridgehead atoms. The Morgan fingerprint density at radius 2 is 2.05 bits per heavy atom. The molecule has 1 aliphatic heterocycles. The van der Waals surface area contributed by atoms with E-state index in [-0.39, 0.29) is 22.2 Å². The van der Waals surface area contributed by atoms with Crippen LogP contribution in [0.25, 0.3) is 0 Å². The van der Waals surface area contributed by atoms with E-state index in [2.05, 4.69) is 0 Å². The van der Waals surface area contributed by atoms with Crippen molar-refractivity contribution in [2.24, 2.45) is 5.73 Å². The zero-order valence-corrected chi connectivity index (χ0v) is 12.6. The highest BCUT2D eigenvalue weighted by Gasteiger charge is 2.37. The predicted octanol–water partition coefficient (Wildman–Crippen LogP) is 1.09. The van der Waals surface area contributed by atoms with Crippen LogP contribution in [-0.2, 0) is 14.8 Å². The third kappa shape index (κ3) is 2.97. The number of nitrogen functional groups attached to an aromatic ring is 1. The Bertz CT molecular complexity index is 681. The van der Waals surface area contributed by atoms with Crippen LogP contribution >= 0.6 is 11.6 Å². The van der Waals surface area contributed by atoms with Gasteiger partial charge in [0.1, 0.15) is 16.8 Å². The minimum atomic E-state index is -4.07. The number of primary amides is 1. The van der Waals surface area contributed by atoms with E-state index < -0.39 is 27.8 Å². The molecule has 1 heterocycles. The van der Waals surface area contributed by atoms with Gasteiger partial charge in [-0.2, -0.15) is 4.31 Å². The van der Waals surface area contributed by atoms with Crippen LogP contribution in [0.5, 0.6) is 0 Å². The van der Waals surface area contributed by atoms with Gasteiger partial charge in [-0.05, 0) is 25.0 Å². The van der Waals surface area contributed by atoms with Crippen molar-refractivity contribution in [1.29, 1.82) is 0 Å². The van der Waals surface area contributed by atoms with Crippen molar-refractivity contribution in [1.82, 2.24) is 4.31 Å². The monoisotopic (exact) mass is 335 g/mol. The summed E-state index contributed by atoms with van der Waals surface area (Å²) in [4.78, 5) is 11.1. The summed E-state index contributed by atoms with van der Waals surface area (Å²) in [6.07, 6.45) is 1.67. The zero-order chi connectivity index (χ0) is 15.8. The Balaban J connectivity index is 2.50. The van der Waals surface area contributed by atoms with Crippen molar-refractivity contribution in [2.45, 2.75) is 30.2 Å². The van der Waals surface area contributed by atoms with Crippen LogP contribution in [0, 0.1) is 5.82 Å². The molecule has 0 aromatic heterocycles. The molecule has 1 saturated heterocycles. The van der Waals surface area contributed by atoms with E-state index in [4.69, 9.17) is 23.1 Å². The molecule has 1 amide bonds. The molecule has 1 aliphatic rings. The molecule has 0 radical (unpaired) electrons. The maximum absolute atomic E-state index is 13.3. The van der Waals surface area contributed by atoms with Gasteiger partial charge < -0.3 is 11.5 Å². The smallest absolute Gasteiger partial charge is 0.245 e. The second-order valence-electron chi connectivity index (χ2n) is 4.83. The van der Waals surface area contributed by atoms with Gasteiger partial charge in [-0.1, -0.05) is 18.0 Å². The first-order valence-electron chi connectivity index (χ1n) is 6.31. The lowest BCUT2D eigenvalue weighted by Crippen LogP contribution is -2.50. The SMILES string of the molecule is NC(=O)C1CCCCN1S(=O)(=O)c1cc(N)c(F)cc1Cl. The molecule has 0 aliphatic carbocycles. The number of hydrogen-bond acceptors (Lipinski definition) is 4. The fourth-order valence-electron chi connectivity index (χ4n) is 2.35. The summed E-state index contributed by atoms with van der Waals surface area (Å²) in [7, 11) is -4.07. The van der Waals surface area contributed by atoms with Crippen molar-refractivity contribution < 1.29 is 17.6 Å². The molecule has 0 saturated carbocycles. The van der Waals surface area contributed by atoms with Crippen LogP contribution in [0.3, 0.4) is 0 Å². The maximum Gasteiger partial charge on any atom is 0.245 e. The third-order valence-corrected chi connectivity index (χ3v) is 5.79. The lowest BCUT2D eigenvalue weighted by Gasteiger charge is -2.32. The van der Waals surface area contributed by atoms with Gasteiger partial charge >= 0.3 is 0 Å². The standard InChI is InChI=1S/C12H15ClFN3O3S/c13-7-5-8(14)9(15)6-11(7)21(19,20)17-4-2-1-3-10(17)12(16)18/h5-6,10H,1-4,15H2,(H2,16,18). The van der Waals surface area contributed by atoms with Gasteiger partial charge in [0.05, 0.1) is 10.7 Å². The van der Waals surface area contributed by atoms with Gasteiger partial charge in [-0.3, -0.25) is 4.79 Å². The lowest BCUT2D eigenvalue weighted by molar-refractivity contribution is -0.122. The third-order valence-electron chi connectivity index (χ3n) is 3.42. The van der Waals surface area contributed by atoms with Crippen LogP contribution in [0.4, 0.5) is 10.1 Å². The minimum absolute atomic E-state index is 0.156. The first-order chi connectivity index (χ1) is 9.75. The number of piperidine rings is 1. The average Bonchev–Trinajstić information content (AvgIpc) is 2.42. The normalized spacial score (nSPS) is 20.4. The van der Waals surface area contributed by atoms with Crippen molar-refractivity contribution in [3.63, 3.8) is 0 Å². The lowest BCUT2D eigenvalue weighted by atomic mass is 10.0. The van der Waals surface area contributed by atoms with Crippen molar-refractivity contribution in [2.75, 3.05) is 12.3 Å². The van der Waals surface area contributed by atoms with E-state index >= 15 is 0 Å². The van der Waals surface area contributed by atoms with E-state index in [9.17, 15) is 17.6 Å². The van der Waals surface area contributed by atoms with E-state index in [0.29, 0.717) is 19.3 Å². The predicted molar refractivity (Wildman–Crippen MR) is 76.5 cm³/mol. The van der Waals surface area contributed by atoms with Crippen LogP contribution in [-0.4, -0.2) is 31.2 Å². The summed E-state index contributed by atoms with van der Waals surface area (Å²) in [6, 6.07) is 0.873. The molecule has 0 spiro atoms. The molecule has 1 aromatic carbocycles. The number of halogens is 2. The number of amides is 1. The van der Waals surface area contributed by atoms with E-state index in [0.717, 1.165) is 16.4 Å². The summed E-state index contributed by atoms with van der Waals surface area (Å²) >= 11 is 5.81. The minimum Gasteiger partial charge on any atom is -0.396 e. The Morgan fingerprint density at radius 3 is 2.67 bits per heavy atom. The second kappa shape index (κ2) is 5.78. The topological polar surface area (TPSA) is 106 Å². The number of benzene rings is 1. The molecule has 2 rings (SSSR count). The highest BCUT2D eigenvalue weighted by Crippen LogP contribution is 2.32. The van der Waals surface area contributed by atoms with Gasteiger partial charge in [0, 0.05) is 6.54 Å².